The molecule has 12 heteroatoms. The molecular weight excluding hydrogens is 707 g/mol. The lowest BCUT2D eigenvalue weighted by molar-refractivity contribution is -0.213. The number of hydrogen-bond acceptors (Lipinski definition) is 7. The van der Waals surface area contributed by atoms with E-state index in [0.29, 0.717) is 40.4 Å². The first-order valence-corrected chi connectivity index (χ1v) is 17.4. The predicted octanol–water partition coefficient (Wildman–Crippen LogP) is 8.53. The number of methoxy groups -OCH3 is 1. The van der Waals surface area contributed by atoms with Gasteiger partial charge in [0.2, 0.25) is 0 Å². The fourth-order valence-corrected chi connectivity index (χ4v) is 6.38. The first-order valence-electron chi connectivity index (χ1n) is 16.3. The molecule has 0 saturated heterocycles. The molecule has 0 aliphatic heterocycles. The number of benzene rings is 5. The highest BCUT2D eigenvalue weighted by Gasteiger charge is 2.27. The van der Waals surface area contributed by atoms with Crippen molar-refractivity contribution >= 4 is 62.9 Å². The zero-order chi connectivity index (χ0) is 36.6. The second-order valence-corrected chi connectivity index (χ2v) is 12.4. The Balaban J connectivity index is 1.26. The van der Waals surface area contributed by atoms with Crippen LogP contribution in [0, 0.1) is 0 Å². The summed E-state index contributed by atoms with van der Waals surface area (Å²) in [7, 11) is 1.55. The monoisotopic (exact) mass is 740 g/mol. The average Bonchev–Trinajstić information content (AvgIpc) is 3.56. The normalized spacial score (nSPS) is 11.6. The van der Waals surface area contributed by atoms with Crippen LogP contribution in [0.25, 0.3) is 21.8 Å². The maximum absolute atomic E-state index is 14.1. The zero-order valence-corrected chi connectivity index (χ0v) is 29.5. The van der Waals surface area contributed by atoms with E-state index in [1.165, 1.54) is 6.07 Å². The van der Waals surface area contributed by atoms with Gasteiger partial charge in [-0.15, -0.1) is 23.2 Å². The predicted molar refractivity (Wildman–Crippen MR) is 198 cm³/mol. The van der Waals surface area contributed by atoms with Gasteiger partial charge in [0.15, 0.2) is 17.2 Å². The van der Waals surface area contributed by atoms with Crippen LogP contribution >= 0.6 is 23.2 Å². The zero-order valence-electron chi connectivity index (χ0n) is 28.0. The molecule has 5 aromatic carbocycles. The summed E-state index contributed by atoms with van der Waals surface area (Å²) in [6, 6.07) is 28.7. The second-order valence-electron chi connectivity index (χ2n) is 11.9. The molecule has 0 bridgehead atoms. The lowest BCUT2D eigenvalue weighted by Crippen LogP contribution is -2.32. The number of carbonyl (C=O) groups excluding carboxylic acids is 2. The number of carboxylic acid groups (broad SMARTS) is 1. The third-order valence-electron chi connectivity index (χ3n) is 8.54. The molecule has 0 fully saturated rings. The van der Waals surface area contributed by atoms with Crippen molar-refractivity contribution < 1.29 is 38.7 Å². The van der Waals surface area contributed by atoms with E-state index in [2.05, 4.69) is 10.3 Å². The summed E-state index contributed by atoms with van der Waals surface area (Å²) in [6.45, 7) is 0.212. The maximum Gasteiger partial charge on any atom is 0.357 e. The molecular formula is C40H34Cl2N2O8. The highest BCUT2D eigenvalue weighted by atomic mass is 35.5. The number of amides is 1. The number of rotatable bonds is 15. The topological polar surface area (TPSA) is 136 Å². The van der Waals surface area contributed by atoms with Crippen molar-refractivity contribution in [3.8, 4) is 17.2 Å². The molecule has 0 saturated carbocycles. The Labute approximate surface area is 309 Å². The molecule has 0 radical (unpaired) electrons. The number of hydrogen-bond donors (Lipinski definition) is 3. The Morgan fingerprint density at radius 3 is 2.21 bits per heavy atom. The first kappa shape index (κ1) is 36.1. The number of aromatic amines is 1. The summed E-state index contributed by atoms with van der Waals surface area (Å²) in [4.78, 5) is 54.1. The molecule has 0 spiro atoms. The van der Waals surface area contributed by atoms with Gasteiger partial charge in [0.05, 0.1) is 42.6 Å². The minimum Gasteiger partial charge on any atom is -0.493 e. The molecule has 1 aromatic heterocycles. The molecule has 6 aromatic rings. The van der Waals surface area contributed by atoms with Gasteiger partial charge < -0.3 is 24.9 Å². The fraction of sp³-hybridized carbons (Fsp3) is 0.175. The fourth-order valence-electron chi connectivity index (χ4n) is 6.05. The van der Waals surface area contributed by atoms with Gasteiger partial charge in [-0.05, 0) is 64.7 Å². The number of nitrogens with one attached hydrogen (secondary N) is 2. The summed E-state index contributed by atoms with van der Waals surface area (Å²) in [6.07, 6.45) is -0.138. The van der Waals surface area contributed by atoms with E-state index in [-0.39, 0.29) is 29.5 Å². The third-order valence-corrected chi connectivity index (χ3v) is 9.15. The number of alkyl halides is 2. The van der Waals surface area contributed by atoms with E-state index < -0.39 is 30.3 Å². The van der Waals surface area contributed by atoms with Crippen LogP contribution in [-0.2, 0) is 27.9 Å². The van der Waals surface area contributed by atoms with Crippen molar-refractivity contribution in [3.63, 3.8) is 0 Å². The Hall–Kier alpha value is -5.71. The lowest BCUT2D eigenvalue weighted by atomic mass is 9.94. The quantitative estimate of drug-likeness (QED) is 0.0542. The van der Waals surface area contributed by atoms with Gasteiger partial charge in [-0.3, -0.25) is 14.6 Å². The summed E-state index contributed by atoms with van der Waals surface area (Å²) in [5.41, 5.74) is 4.04. The minimum atomic E-state index is -1.24. The van der Waals surface area contributed by atoms with Gasteiger partial charge in [-0.2, -0.15) is 0 Å². The highest BCUT2D eigenvalue weighted by molar-refractivity contribution is 6.17. The lowest BCUT2D eigenvalue weighted by Gasteiger charge is -2.22. The molecule has 0 aliphatic rings. The Bertz CT molecular complexity index is 2250. The molecule has 1 amide bonds. The van der Waals surface area contributed by atoms with Crippen LogP contribution < -0.4 is 19.7 Å². The van der Waals surface area contributed by atoms with Crippen molar-refractivity contribution in [2.75, 3.05) is 13.7 Å². The third kappa shape index (κ3) is 8.09. The molecule has 52 heavy (non-hydrogen) atoms. The van der Waals surface area contributed by atoms with Crippen molar-refractivity contribution in [1.29, 1.82) is 0 Å². The van der Waals surface area contributed by atoms with Crippen LogP contribution in [0.4, 0.5) is 0 Å². The molecule has 1 unspecified atom stereocenters. The summed E-state index contributed by atoms with van der Waals surface area (Å²) >= 11 is 12.3. The van der Waals surface area contributed by atoms with Gasteiger partial charge in [0.1, 0.15) is 0 Å². The molecule has 0 aliphatic carbocycles. The van der Waals surface area contributed by atoms with Crippen molar-refractivity contribution in [2.24, 2.45) is 0 Å². The van der Waals surface area contributed by atoms with Crippen LogP contribution in [0.5, 0.6) is 17.2 Å². The van der Waals surface area contributed by atoms with Crippen molar-refractivity contribution in [3.05, 3.63) is 137 Å². The van der Waals surface area contributed by atoms with Crippen LogP contribution in [0.3, 0.4) is 0 Å². The second kappa shape index (κ2) is 16.5. The summed E-state index contributed by atoms with van der Waals surface area (Å²) in [5.74, 6) is -0.930. The maximum atomic E-state index is 14.1. The SMILES string of the molecule is COc1ccccc1OCCc1cc(CCl)ccc1C(=O)NC(CC(=O)OOc1cccc2[nH]c3ccccc3c12)c1cc(CCl)ccc1C(=O)O. The standard InChI is InChI=1S/C40H34Cl2N2O8/c1-49-34-10-4-5-11-35(34)50-18-17-26-19-24(22-41)13-15-27(26)39(46)44-33(30-20-25(23-42)14-16-28(30)40(47)48)21-37(45)52-51-36-12-6-9-32-38(36)29-7-2-3-8-31(29)43-32/h2-16,19-20,33,43H,17-18,21-23H2,1H3,(H,44,46)(H,47,48). The van der Waals surface area contributed by atoms with Crippen LogP contribution in [0.1, 0.15) is 55.4 Å². The van der Waals surface area contributed by atoms with Crippen molar-refractivity contribution in [1.82, 2.24) is 10.3 Å². The minimum absolute atomic E-state index is 0.0754. The number of halogens is 2. The summed E-state index contributed by atoms with van der Waals surface area (Å²) < 4.78 is 11.4. The number of aromatic carboxylic acids is 1. The number of fused-ring (bicyclic) bond motifs is 3. The number of aromatic nitrogens is 1. The smallest absolute Gasteiger partial charge is 0.357 e. The highest BCUT2D eigenvalue weighted by Crippen LogP contribution is 2.34. The Morgan fingerprint density at radius 2 is 1.46 bits per heavy atom. The number of carboxylic acids is 1. The molecule has 266 valence electrons. The molecule has 3 N–H and O–H groups in total. The number of carbonyl (C=O) groups is 3. The van der Waals surface area contributed by atoms with E-state index in [1.54, 1.807) is 55.6 Å². The molecule has 1 atom stereocenters. The van der Waals surface area contributed by atoms with Gasteiger partial charge in [-0.25, -0.2) is 9.59 Å². The van der Waals surface area contributed by atoms with Gasteiger partial charge in [-0.1, -0.05) is 60.7 Å². The van der Waals surface area contributed by atoms with E-state index in [1.807, 2.05) is 48.5 Å². The van der Waals surface area contributed by atoms with Crippen LogP contribution in [0.15, 0.2) is 103 Å². The Morgan fingerprint density at radius 1 is 0.788 bits per heavy atom. The Kier molecular flexibility index (Phi) is 11.5. The first-order chi connectivity index (χ1) is 25.3. The van der Waals surface area contributed by atoms with Gasteiger partial charge >= 0.3 is 11.9 Å². The summed E-state index contributed by atoms with van der Waals surface area (Å²) in [5, 5.41) is 14.6. The largest absolute Gasteiger partial charge is 0.493 e. The van der Waals surface area contributed by atoms with E-state index in [4.69, 9.17) is 42.5 Å². The number of para-hydroxylation sites is 3. The van der Waals surface area contributed by atoms with Crippen molar-refractivity contribution in [2.45, 2.75) is 30.6 Å². The molecule has 1 heterocycles. The van der Waals surface area contributed by atoms with Crippen LogP contribution in [-0.4, -0.2) is 41.7 Å². The van der Waals surface area contributed by atoms with E-state index >= 15 is 0 Å². The van der Waals surface area contributed by atoms with Crippen LogP contribution in [0.2, 0.25) is 0 Å². The number of H-pyrrole nitrogens is 1. The molecule has 6 rings (SSSR count). The number of ether oxygens (including phenoxy) is 2. The van der Waals surface area contributed by atoms with E-state index in [0.717, 1.165) is 27.4 Å². The van der Waals surface area contributed by atoms with Gasteiger partial charge in [0, 0.05) is 34.6 Å². The van der Waals surface area contributed by atoms with E-state index in [9.17, 15) is 19.5 Å². The van der Waals surface area contributed by atoms with Gasteiger partial charge in [0.25, 0.3) is 5.91 Å². The average molecular weight is 742 g/mol. The molecule has 10 nitrogen and oxygen atoms in total.